The topological polar surface area (TPSA) is 92.8 Å². The van der Waals surface area contributed by atoms with E-state index in [2.05, 4.69) is 39.6 Å². The van der Waals surface area contributed by atoms with Gasteiger partial charge in [-0.15, -0.1) is 0 Å². The van der Waals surface area contributed by atoms with Crippen molar-refractivity contribution in [1.82, 2.24) is 25.7 Å². The predicted molar refractivity (Wildman–Crippen MR) is 81.3 cm³/mol. The normalized spacial score (nSPS) is 12.2. The quantitative estimate of drug-likeness (QED) is 0.815. The molecule has 7 heteroatoms. The van der Waals surface area contributed by atoms with Crippen LogP contribution in [0.1, 0.15) is 43.2 Å². The van der Waals surface area contributed by atoms with Crippen molar-refractivity contribution in [2.45, 2.75) is 39.8 Å². The Bertz CT molecular complexity index is 598. The Hall–Kier alpha value is -2.44. The predicted octanol–water partition coefficient (Wildman–Crippen LogP) is 1.94. The minimum absolute atomic E-state index is 0.104. The molecule has 2 aromatic rings. The van der Waals surface area contributed by atoms with Gasteiger partial charge in [0.25, 0.3) is 5.91 Å². The number of hydrogen-bond donors (Lipinski definition) is 2. The second-order valence-corrected chi connectivity index (χ2v) is 5.60. The number of pyridine rings is 1. The Labute approximate surface area is 129 Å². The summed E-state index contributed by atoms with van der Waals surface area (Å²) in [6.45, 7) is 6.72. The van der Waals surface area contributed by atoms with Gasteiger partial charge in [-0.3, -0.25) is 4.79 Å². The Balaban J connectivity index is 1.89. The second kappa shape index (κ2) is 7.53. The van der Waals surface area contributed by atoms with E-state index in [1.54, 1.807) is 6.20 Å². The first kappa shape index (κ1) is 15.9. The minimum atomic E-state index is -0.277. The standard InChI is InChI=1S/C15H21N5O2/c1-10(2)6-11(3)22-14-7-12(4-5-16-14)8-17-15(21)13-9-18-20-19-13/h4-5,7,9-11H,6,8H2,1-3H3,(H,17,21)(H,18,19,20)/t11-/m0/s1. The van der Waals surface area contributed by atoms with E-state index in [4.69, 9.17) is 4.74 Å². The number of aromatic amines is 1. The summed E-state index contributed by atoms with van der Waals surface area (Å²) in [6, 6.07) is 3.67. The molecule has 0 bridgehead atoms. The number of hydrogen-bond acceptors (Lipinski definition) is 5. The highest BCUT2D eigenvalue weighted by atomic mass is 16.5. The Morgan fingerprint density at radius 2 is 2.23 bits per heavy atom. The largest absolute Gasteiger partial charge is 0.475 e. The maximum absolute atomic E-state index is 11.8. The van der Waals surface area contributed by atoms with Crippen molar-refractivity contribution < 1.29 is 9.53 Å². The van der Waals surface area contributed by atoms with Gasteiger partial charge in [-0.2, -0.15) is 15.4 Å². The van der Waals surface area contributed by atoms with Crippen molar-refractivity contribution in [1.29, 1.82) is 0 Å². The van der Waals surface area contributed by atoms with Gasteiger partial charge in [0.05, 0.1) is 12.3 Å². The second-order valence-electron chi connectivity index (χ2n) is 5.60. The summed E-state index contributed by atoms with van der Waals surface area (Å²) < 4.78 is 5.79. The fraction of sp³-hybridized carbons (Fsp3) is 0.467. The lowest BCUT2D eigenvalue weighted by atomic mass is 10.1. The monoisotopic (exact) mass is 303 g/mol. The minimum Gasteiger partial charge on any atom is -0.475 e. The molecule has 22 heavy (non-hydrogen) atoms. The molecule has 0 saturated heterocycles. The van der Waals surface area contributed by atoms with Crippen LogP contribution in [0.15, 0.2) is 24.5 Å². The first-order valence-corrected chi connectivity index (χ1v) is 7.30. The average molecular weight is 303 g/mol. The van der Waals surface area contributed by atoms with Crippen LogP contribution >= 0.6 is 0 Å². The number of carbonyl (C=O) groups is 1. The van der Waals surface area contributed by atoms with Gasteiger partial charge in [0.2, 0.25) is 5.88 Å². The molecular formula is C15H21N5O2. The first-order valence-electron chi connectivity index (χ1n) is 7.30. The Kier molecular flexibility index (Phi) is 5.46. The van der Waals surface area contributed by atoms with Crippen LogP contribution in [-0.2, 0) is 6.54 Å². The van der Waals surface area contributed by atoms with Gasteiger partial charge >= 0.3 is 0 Å². The molecule has 0 unspecified atom stereocenters. The van der Waals surface area contributed by atoms with Crippen molar-refractivity contribution in [3.05, 3.63) is 35.8 Å². The van der Waals surface area contributed by atoms with Crippen molar-refractivity contribution in [3.63, 3.8) is 0 Å². The third-order valence-electron chi connectivity index (χ3n) is 3.03. The molecule has 0 fully saturated rings. The molecule has 2 aromatic heterocycles. The fourth-order valence-corrected chi connectivity index (χ4v) is 2.13. The highest BCUT2D eigenvalue weighted by Crippen LogP contribution is 2.14. The lowest BCUT2D eigenvalue weighted by Gasteiger charge is -2.16. The van der Waals surface area contributed by atoms with Crippen LogP contribution in [0.3, 0.4) is 0 Å². The van der Waals surface area contributed by atoms with Crippen LogP contribution in [0.4, 0.5) is 0 Å². The molecule has 0 aliphatic heterocycles. The summed E-state index contributed by atoms with van der Waals surface area (Å²) >= 11 is 0. The number of carbonyl (C=O) groups excluding carboxylic acids is 1. The van der Waals surface area contributed by atoms with Gasteiger partial charge in [-0.1, -0.05) is 13.8 Å². The third kappa shape index (κ3) is 4.83. The maximum atomic E-state index is 11.8. The van der Waals surface area contributed by atoms with Crippen molar-refractivity contribution in [2.75, 3.05) is 0 Å². The van der Waals surface area contributed by atoms with Gasteiger partial charge in [-0.05, 0) is 30.9 Å². The van der Waals surface area contributed by atoms with Crippen molar-refractivity contribution in [3.8, 4) is 5.88 Å². The van der Waals surface area contributed by atoms with E-state index >= 15 is 0 Å². The Morgan fingerprint density at radius 1 is 1.41 bits per heavy atom. The van der Waals surface area contributed by atoms with E-state index in [1.165, 1.54) is 6.20 Å². The summed E-state index contributed by atoms with van der Waals surface area (Å²) in [5.74, 6) is 0.863. The highest BCUT2D eigenvalue weighted by molar-refractivity contribution is 5.91. The molecule has 1 atom stereocenters. The van der Waals surface area contributed by atoms with Crippen LogP contribution < -0.4 is 10.1 Å². The van der Waals surface area contributed by atoms with Crippen molar-refractivity contribution in [2.24, 2.45) is 5.92 Å². The average Bonchev–Trinajstić information content (AvgIpc) is 2.98. The molecule has 0 aliphatic carbocycles. The van der Waals surface area contributed by atoms with E-state index < -0.39 is 0 Å². The number of aromatic nitrogens is 4. The molecule has 1 amide bonds. The maximum Gasteiger partial charge on any atom is 0.273 e. The summed E-state index contributed by atoms with van der Waals surface area (Å²) in [5, 5.41) is 12.5. The molecule has 2 heterocycles. The highest BCUT2D eigenvalue weighted by Gasteiger charge is 2.10. The molecule has 118 valence electrons. The zero-order valence-corrected chi connectivity index (χ0v) is 13.0. The van der Waals surface area contributed by atoms with Gasteiger partial charge in [0, 0.05) is 18.8 Å². The molecular weight excluding hydrogens is 282 g/mol. The van der Waals surface area contributed by atoms with Crippen molar-refractivity contribution >= 4 is 5.91 Å². The van der Waals surface area contributed by atoms with E-state index in [1.807, 2.05) is 19.1 Å². The number of nitrogens with one attached hydrogen (secondary N) is 2. The number of amides is 1. The number of ether oxygens (including phenoxy) is 1. The smallest absolute Gasteiger partial charge is 0.273 e. The van der Waals surface area contributed by atoms with E-state index in [9.17, 15) is 4.79 Å². The summed E-state index contributed by atoms with van der Waals surface area (Å²) in [4.78, 5) is 16.0. The molecule has 0 spiro atoms. The summed E-state index contributed by atoms with van der Waals surface area (Å²) in [6.07, 6.45) is 4.13. The number of nitrogens with zero attached hydrogens (tertiary/aromatic N) is 3. The van der Waals surface area contributed by atoms with Gasteiger partial charge in [0.15, 0.2) is 5.69 Å². The van der Waals surface area contributed by atoms with Crippen LogP contribution in [-0.4, -0.2) is 32.4 Å². The molecule has 2 rings (SSSR count). The molecule has 0 radical (unpaired) electrons. The van der Waals surface area contributed by atoms with E-state index in [-0.39, 0.29) is 17.7 Å². The number of rotatable bonds is 7. The lowest BCUT2D eigenvalue weighted by Crippen LogP contribution is -2.23. The summed E-state index contributed by atoms with van der Waals surface area (Å²) in [7, 11) is 0. The molecule has 0 saturated carbocycles. The fourth-order valence-electron chi connectivity index (χ4n) is 2.13. The van der Waals surface area contributed by atoms with Gasteiger partial charge in [0.1, 0.15) is 0 Å². The number of H-pyrrole nitrogens is 1. The van der Waals surface area contributed by atoms with Crippen LogP contribution in [0, 0.1) is 5.92 Å². The lowest BCUT2D eigenvalue weighted by molar-refractivity contribution is 0.0945. The molecule has 2 N–H and O–H groups in total. The Morgan fingerprint density at radius 3 is 2.91 bits per heavy atom. The van der Waals surface area contributed by atoms with E-state index in [0.29, 0.717) is 18.3 Å². The molecule has 0 aliphatic rings. The van der Waals surface area contributed by atoms with Crippen LogP contribution in [0.5, 0.6) is 5.88 Å². The van der Waals surface area contributed by atoms with Gasteiger partial charge in [-0.25, -0.2) is 4.98 Å². The van der Waals surface area contributed by atoms with Crippen LogP contribution in [0.2, 0.25) is 0 Å². The third-order valence-corrected chi connectivity index (χ3v) is 3.03. The molecule has 0 aromatic carbocycles. The summed E-state index contributed by atoms with van der Waals surface area (Å²) in [5.41, 5.74) is 1.18. The van der Waals surface area contributed by atoms with E-state index in [0.717, 1.165) is 12.0 Å². The molecule has 7 nitrogen and oxygen atoms in total. The zero-order valence-electron chi connectivity index (χ0n) is 13.0. The first-order chi connectivity index (χ1) is 10.5. The zero-order chi connectivity index (χ0) is 15.9. The van der Waals surface area contributed by atoms with Gasteiger partial charge < -0.3 is 10.1 Å². The van der Waals surface area contributed by atoms with Crippen LogP contribution in [0.25, 0.3) is 0 Å². The SMILES string of the molecule is CC(C)C[C@H](C)Oc1cc(CNC(=O)c2cn[nH]n2)ccn1.